The molecule has 0 amide bonds. The van der Waals surface area contributed by atoms with E-state index < -0.39 is 0 Å². The fourth-order valence-corrected chi connectivity index (χ4v) is 2.08. The molecule has 0 aliphatic rings. The molecule has 0 spiro atoms. The van der Waals surface area contributed by atoms with E-state index in [1.807, 2.05) is 0 Å². The molecule has 1 aromatic rings. The van der Waals surface area contributed by atoms with Crippen molar-refractivity contribution in [2.75, 3.05) is 0 Å². The highest BCUT2D eigenvalue weighted by Crippen LogP contribution is 2.11. The molecule has 19 heavy (non-hydrogen) atoms. The molecule has 0 fully saturated rings. The van der Waals surface area contributed by atoms with E-state index >= 15 is 0 Å². The number of halogens is 1. The van der Waals surface area contributed by atoms with Gasteiger partial charge < -0.3 is 5.32 Å². The Morgan fingerprint density at radius 2 is 2.11 bits per heavy atom. The van der Waals surface area contributed by atoms with Crippen molar-refractivity contribution in [2.24, 2.45) is 0 Å². The second-order valence-electron chi connectivity index (χ2n) is 5.04. The molecule has 2 nitrogen and oxygen atoms in total. The van der Waals surface area contributed by atoms with Crippen LogP contribution in [0.25, 0.3) is 0 Å². The number of nitrogens with zero attached hydrogens (tertiary/aromatic N) is 1. The van der Waals surface area contributed by atoms with Gasteiger partial charge in [0.25, 0.3) is 0 Å². The summed E-state index contributed by atoms with van der Waals surface area (Å²) in [5, 5.41) is 12.3. The van der Waals surface area contributed by atoms with E-state index in [4.69, 9.17) is 5.26 Å². The Balaban J connectivity index is 2.39. The van der Waals surface area contributed by atoms with Gasteiger partial charge in [-0.2, -0.15) is 5.26 Å². The third-order valence-corrected chi connectivity index (χ3v) is 3.32. The highest BCUT2D eigenvalue weighted by molar-refractivity contribution is 5.37. The Morgan fingerprint density at radius 3 is 2.79 bits per heavy atom. The zero-order chi connectivity index (χ0) is 14.1. The van der Waals surface area contributed by atoms with Crippen LogP contribution in [0.4, 0.5) is 4.39 Å². The van der Waals surface area contributed by atoms with Crippen molar-refractivity contribution in [3.63, 3.8) is 0 Å². The summed E-state index contributed by atoms with van der Waals surface area (Å²) in [7, 11) is 0. The summed E-state index contributed by atoms with van der Waals surface area (Å²) in [6, 6.07) is 6.80. The summed E-state index contributed by atoms with van der Waals surface area (Å²) < 4.78 is 13.2. The molecule has 0 bridgehead atoms. The van der Waals surface area contributed by atoms with Crippen molar-refractivity contribution in [1.29, 1.82) is 5.26 Å². The molecule has 1 rings (SSSR count). The van der Waals surface area contributed by atoms with Gasteiger partial charge in [-0.05, 0) is 37.1 Å². The van der Waals surface area contributed by atoms with Gasteiger partial charge >= 0.3 is 0 Å². The van der Waals surface area contributed by atoms with Crippen molar-refractivity contribution in [2.45, 2.75) is 58.5 Å². The zero-order valence-electron chi connectivity index (χ0n) is 11.9. The van der Waals surface area contributed by atoms with Gasteiger partial charge in [0.15, 0.2) is 0 Å². The first kappa shape index (κ1) is 15.7. The Morgan fingerprint density at radius 1 is 1.32 bits per heavy atom. The SMILES string of the molecule is CCCCCCC(C)NCc1cc(F)ccc1C#N. The van der Waals surface area contributed by atoms with E-state index in [9.17, 15) is 4.39 Å². The molecule has 0 aliphatic carbocycles. The van der Waals surface area contributed by atoms with Crippen LogP contribution in [0, 0.1) is 17.1 Å². The predicted octanol–water partition coefficient (Wildman–Crippen LogP) is 4.15. The van der Waals surface area contributed by atoms with Gasteiger partial charge in [-0.1, -0.05) is 32.6 Å². The topological polar surface area (TPSA) is 35.8 Å². The van der Waals surface area contributed by atoms with E-state index in [0.717, 1.165) is 12.0 Å². The highest BCUT2D eigenvalue weighted by Gasteiger charge is 2.06. The van der Waals surface area contributed by atoms with Gasteiger partial charge in [-0.15, -0.1) is 0 Å². The molecule has 104 valence electrons. The van der Waals surface area contributed by atoms with Crippen molar-refractivity contribution in [3.05, 3.63) is 35.1 Å². The summed E-state index contributed by atoms with van der Waals surface area (Å²) in [4.78, 5) is 0. The second-order valence-corrected chi connectivity index (χ2v) is 5.04. The van der Waals surface area contributed by atoms with Gasteiger partial charge in [-0.3, -0.25) is 0 Å². The van der Waals surface area contributed by atoms with Crippen LogP contribution in [0.1, 0.15) is 57.1 Å². The Kier molecular flexibility index (Phi) is 7.14. The number of nitriles is 1. The summed E-state index contributed by atoms with van der Waals surface area (Å²) >= 11 is 0. The number of unbranched alkanes of at least 4 members (excludes halogenated alkanes) is 3. The maximum atomic E-state index is 13.2. The quantitative estimate of drug-likeness (QED) is 0.714. The van der Waals surface area contributed by atoms with Gasteiger partial charge in [-0.25, -0.2) is 4.39 Å². The molecule has 0 saturated carbocycles. The fraction of sp³-hybridized carbons (Fsp3) is 0.562. The van der Waals surface area contributed by atoms with Crippen molar-refractivity contribution in [1.82, 2.24) is 5.32 Å². The molecular weight excluding hydrogens is 239 g/mol. The number of nitrogens with one attached hydrogen (secondary N) is 1. The molecule has 0 saturated heterocycles. The molecule has 1 N–H and O–H groups in total. The average Bonchev–Trinajstić information content (AvgIpc) is 2.41. The molecule has 1 unspecified atom stereocenters. The van der Waals surface area contributed by atoms with E-state index in [-0.39, 0.29) is 5.82 Å². The van der Waals surface area contributed by atoms with E-state index in [2.05, 4.69) is 25.2 Å². The van der Waals surface area contributed by atoms with Crippen LogP contribution in [0.3, 0.4) is 0 Å². The number of hydrogen-bond donors (Lipinski definition) is 1. The maximum Gasteiger partial charge on any atom is 0.123 e. The lowest BCUT2D eigenvalue weighted by molar-refractivity contribution is 0.481. The van der Waals surface area contributed by atoms with Gasteiger partial charge in [0.05, 0.1) is 11.6 Å². The fourth-order valence-electron chi connectivity index (χ4n) is 2.08. The van der Waals surface area contributed by atoms with Crippen molar-refractivity contribution >= 4 is 0 Å². The van der Waals surface area contributed by atoms with Gasteiger partial charge in [0, 0.05) is 12.6 Å². The van der Waals surface area contributed by atoms with Crippen LogP contribution < -0.4 is 5.32 Å². The van der Waals surface area contributed by atoms with E-state index in [0.29, 0.717) is 18.2 Å². The first-order valence-electron chi connectivity index (χ1n) is 7.09. The average molecular weight is 262 g/mol. The van der Waals surface area contributed by atoms with Crippen LogP contribution in [0.5, 0.6) is 0 Å². The molecular formula is C16H23FN2. The first-order valence-corrected chi connectivity index (χ1v) is 7.09. The molecule has 0 aliphatic heterocycles. The van der Waals surface area contributed by atoms with Crippen molar-refractivity contribution < 1.29 is 4.39 Å². The largest absolute Gasteiger partial charge is 0.310 e. The Labute approximate surface area is 115 Å². The van der Waals surface area contributed by atoms with E-state index in [1.165, 1.54) is 43.9 Å². The summed E-state index contributed by atoms with van der Waals surface area (Å²) in [5.41, 5.74) is 1.29. The second kappa shape index (κ2) is 8.66. The first-order chi connectivity index (χ1) is 9.17. The molecule has 1 aromatic carbocycles. The number of rotatable bonds is 8. The monoisotopic (exact) mass is 262 g/mol. The third kappa shape index (κ3) is 5.85. The molecule has 1 atom stereocenters. The third-order valence-electron chi connectivity index (χ3n) is 3.32. The lowest BCUT2D eigenvalue weighted by Crippen LogP contribution is -2.25. The number of benzene rings is 1. The summed E-state index contributed by atoms with van der Waals surface area (Å²) in [6.45, 7) is 4.89. The molecule has 0 radical (unpaired) electrons. The molecule has 0 heterocycles. The van der Waals surface area contributed by atoms with Crippen LogP contribution in [0.2, 0.25) is 0 Å². The summed E-state index contributed by atoms with van der Waals surface area (Å²) in [6.07, 6.45) is 6.14. The van der Waals surface area contributed by atoms with Crippen LogP contribution in [0.15, 0.2) is 18.2 Å². The smallest absolute Gasteiger partial charge is 0.123 e. The lowest BCUT2D eigenvalue weighted by Gasteiger charge is -2.14. The minimum atomic E-state index is -0.286. The van der Waals surface area contributed by atoms with Crippen LogP contribution in [-0.2, 0) is 6.54 Å². The molecule has 3 heteroatoms. The van der Waals surface area contributed by atoms with Crippen LogP contribution >= 0.6 is 0 Å². The maximum absolute atomic E-state index is 13.2. The summed E-state index contributed by atoms with van der Waals surface area (Å²) in [5.74, 6) is -0.286. The van der Waals surface area contributed by atoms with Gasteiger partial charge in [0.2, 0.25) is 0 Å². The minimum Gasteiger partial charge on any atom is -0.310 e. The minimum absolute atomic E-state index is 0.286. The normalized spacial score (nSPS) is 12.1. The van der Waals surface area contributed by atoms with Gasteiger partial charge in [0.1, 0.15) is 5.82 Å². The predicted molar refractivity (Wildman–Crippen MR) is 76.2 cm³/mol. The Bertz CT molecular complexity index is 423. The highest BCUT2D eigenvalue weighted by atomic mass is 19.1. The number of hydrogen-bond acceptors (Lipinski definition) is 2. The van der Waals surface area contributed by atoms with Crippen molar-refractivity contribution in [3.8, 4) is 6.07 Å². The van der Waals surface area contributed by atoms with E-state index in [1.54, 1.807) is 0 Å². The lowest BCUT2D eigenvalue weighted by atomic mass is 10.1. The van der Waals surface area contributed by atoms with Crippen LogP contribution in [-0.4, -0.2) is 6.04 Å². The standard InChI is InChI=1S/C16H23FN2/c1-3-4-5-6-7-13(2)19-12-15-10-16(17)9-8-14(15)11-18/h8-10,13,19H,3-7,12H2,1-2H3. The molecule has 0 aromatic heterocycles. The zero-order valence-corrected chi connectivity index (χ0v) is 11.9. The Hall–Kier alpha value is -1.40.